The van der Waals surface area contributed by atoms with E-state index in [0.29, 0.717) is 0 Å². The van der Waals surface area contributed by atoms with Crippen LogP contribution in [0.15, 0.2) is 22.7 Å². The molecular weight excluding hydrogens is 316 g/mol. The van der Waals surface area contributed by atoms with E-state index in [4.69, 9.17) is 21.1 Å². The van der Waals surface area contributed by atoms with Crippen molar-refractivity contribution in [2.24, 2.45) is 0 Å². The number of benzene rings is 1. The van der Waals surface area contributed by atoms with Gasteiger partial charge in [-0.2, -0.15) is 0 Å². The van der Waals surface area contributed by atoms with Crippen LogP contribution in [0.2, 0.25) is 0 Å². The monoisotopic (exact) mass is 332 g/mol. The molecule has 0 N–H and O–H groups in total. The average Bonchev–Trinajstić information content (AvgIpc) is 2.33. The van der Waals surface area contributed by atoms with Crippen molar-refractivity contribution in [3.63, 3.8) is 0 Å². The van der Waals surface area contributed by atoms with Crippen LogP contribution >= 0.6 is 27.5 Å². The Bertz CT molecular complexity index is 413. The second kappa shape index (κ2) is 5.81. The van der Waals surface area contributed by atoms with Crippen molar-refractivity contribution < 1.29 is 9.47 Å². The Balaban J connectivity index is 2.17. The summed E-state index contributed by atoms with van der Waals surface area (Å²) < 4.78 is 12.0. The second-order valence-electron chi connectivity index (χ2n) is 4.80. The summed E-state index contributed by atoms with van der Waals surface area (Å²) in [6, 6.07) is 5.93. The predicted molar refractivity (Wildman–Crippen MR) is 77.5 cm³/mol. The summed E-state index contributed by atoms with van der Waals surface area (Å²) in [5.41, 5.74) is 0.997. The van der Waals surface area contributed by atoms with Gasteiger partial charge in [0.2, 0.25) is 0 Å². The zero-order valence-electron chi connectivity index (χ0n) is 10.7. The van der Waals surface area contributed by atoms with Crippen LogP contribution in [0.5, 0.6) is 5.75 Å². The molecule has 18 heavy (non-hydrogen) atoms. The number of ether oxygens (including phenoxy) is 2. The molecule has 2 nitrogen and oxygen atoms in total. The predicted octanol–water partition coefficient (Wildman–Crippen LogP) is 4.70. The van der Waals surface area contributed by atoms with Crippen molar-refractivity contribution in [2.45, 2.75) is 36.7 Å². The van der Waals surface area contributed by atoms with E-state index in [2.05, 4.69) is 15.9 Å². The molecule has 0 saturated heterocycles. The number of rotatable bonds is 5. The summed E-state index contributed by atoms with van der Waals surface area (Å²) in [6.07, 6.45) is 4.26. The van der Waals surface area contributed by atoms with Gasteiger partial charge in [0.1, 0.15) is 5.75 Å². The molecule has 0 aromatic heterocycles. The van der Waals surface area contributed by atoms with Crippen molar-refractivity contribution in [3.8, 4) is 5.75 Å². The van der Waals surface area contributed by atoms with Crippen molar-refractivity contribution in [3.05, 3.63) is 28.2 Å². The topological polar surface area (TPSA) is 18.5 Å². The van der Waals surface area contributed by atoms with Crippen LogP contribution in [0.25, 0.3) is 0 Å². The van der Waals surface area contributed by atoms with E-state index >= 15 is 0 Å². The summed E-state index contributed by atoms with van der Waals surface area (Å²) in [5, 5.41) is -0.0855. The van der Waals surface area contributed by atoms with Crippen LogP contribution in [0, 0.1) is 0 Å². The van der Waals surface area contributed by atoms with Gasteiger partial charge in [-0.05, 0) is 43.9 Å². The van der Waals surface area contributed by atoms with Gasteiger partial charge >= 0.3 is 0 Å². The van der Waals surface area contributed by atoms with Gasteiger partial charge in [-0.3, -0.25) is 0 Å². The minimum atomic E-state index is -0.0855. The fraction of sp³-hybridized carbons (Fsp3) is 0.571. The Kier molecular flexibility index (Phi) is 4.57. The molecule has 0 aliphatic heterocycles. The first-order valence-corrected chi connectivity index (χ1v) is 7.36. The van der Waals surface area contributed by atoms with E-state index in [9.17, 15) is 0 Å². The molecule has 100 valence electrons. The van der Waals surface area contributed by atoms with Crippen LogP contribution < -0.4 is 4.74 Å². The maximum absolute atomic E-state index is 6.56. The summed E-state index contributed by atoms with van der Waals surface area (Å²) in [6.45, 7) is 0. The standard InChI is InChI=1S/C14H18BrClO2/c1-17-13-5-4-10(15)8-11(13)12(16)9-14(18-2)6-3-7-14/h4-5,8,12H,3,6-7,9H2,1-2H3. The largest absolute Gasteiger partial charge is 0.496 e. The third-order valence-corrected chi connectivity index (χ3v) is 4.66. The average molecular weight is 334 g/mol. The Labute approximate surface area is 122 Å². The lowest BCUT2D eigenvalue weighted by atomic mass is 9.76. The van der Waals surface area contributed by atoms with Gasteiger partial charge in [-0.15, -0.1) is 11.6 Å². The minimum absolute atomic E-state index is 0.0280. The van der Waals surface area contributed by atoms with Crippen molar-refractivity contribution in [1.82, 2.24) is 0 Å². The van der Waals surface area contributed by atoms with E-state index in [1.165, 1.54) is 6.42 Å². The van der Waals surface area contributed by atoms with E-state index < -0.39 is 0 Å². The van der Waals surface area contributed by atoms with Crippen molar-refractivity contribution in [2.75, 3.05) is 14.2 Å². The minimum Gasteiger partial charge on any atom is -0.496 e. The Morgan fingerprint density at radius 3 is 2.61 bits per heavy atom. The van der Waals surface area contributed by atoms with Crippen LogP contribution in [-0.2, 0) is 4.74 Å². The van der Waals surface area contributed by atoms with Gasteiger partial charge < -0.3 is 9.47 Å². The van der Waals surface area contributed by atoms with Crippen LogP contribution in [0.3, 0.4) is 0 Å². The molecule has 2 rings (SSSR count). The molecule has 0 radical (unpaired) electrons. The number of alkyl halides is 1. The molecule has 1 aliphatic carbocycles. The Morgan fingerprint density at radius 1 is 1.39 bits per heavy atom. The van der Waals surface area contributed by atoms with E-state index in [1.807, 2.05) is 18.2 Å². The Morgan fingerprint density at radius 2 is 2.11 bits per heavy atom. The molecule has 1 aromatic carbocycles. The van der Waals surface area contributed by atoms with E-state index in [-0.39, 0.29) is 11.0 Å². The zero-order chi connectivity index (χ0) is 13.2. The number of hydrogen-bond donors (Lipinski definition) is 0. The van der Waals surface area contributed by atoms with Crippen molar-refractivity contribution in [1.29, 1.82) is 0 Å². The second-order valence-corrected chi connectivity index (χ2v) is 6.24. The lowest BCUT2D eigenvalue weighted by Crippen LogP contribution is -2.39. The first-order chi connectivity index (χ1) is 8.60. The van der Waals surface area contributed by atoms with E-state index in [1.54, 1.807) is 14.2 Å². The first-order valence-electron chi connectivity index (χ1n) is 6.13. The summed E-state index contributed by atoms with van der Waals surface area (Å²) >= 11 is 10.0. The SMILES string of the molecule is COc1ccc(Br)cc1C(Cl)CC1(OC)CCC1. The molecule has 1 unspecified atom stereocenters. The molecule has 1 atom stereocenters. The van der Waals surface area contributed by atoms with Gasteiger partial charge in [0.05, 0.1) is 18.1 Å². The summed E-state index contributed by atoms with van der Waals surface area (Å²) in [7, 11) is 3.45. The highest BCUT2D eigenvalue weighted by Gasteiger charge is 2.39. The molecule has 0 bridgehead atoms. The fourth-order valence-electron chi connectivity index (χ4n) is 2.45. The van der Waals surface area contributed by atoms with Gasteiger partial charge in [-0.25, -0.2) is 0 Å². The number of halogens is 2. The van der Waals surface area contributed by atoms with E-state index in [0.717, 1.165) is 35.0 Å². The molecule has 1 aliphatic rings. The molecule has 1 fully saturated rings. The third kappa shape index (κ3) is 2.84. The summed E-state index contributed by atoms with van der Waals surface area (Å²) in [5.74, 6) is 0.837. The van der Waals surface area contributed by atoms with Gasteiger partial charge in [0.15, 0.2) is 0 Å². The van der Waals surface area contributed by atoms with Crippen LogP contribution in [0.4, 0.5) is 0 Å². The molecular formula is C14H18BrClO2. The molecule has 0 spiro atoms. The zero-order valence-corrected chi connectivity index (χ0v) is 13.1. The van der Waals surface area contributed by atoms with Gasteiger partial charge in [0, 0.05) is 17.1 Å². The number of hydrogen-bond acceptors (Lipinski definition) is 2. The fourth-order valence-corrected chi connectivity index (χ4v) is 3.28. The molecule has 1 saturated carbocycles. The lowest BCUT2D eigenvalue weighted by molar-refractivity contribution is -0.0780. The van der Waals surface area contributed by atoms with Crippen molar-refractivity contribution >= 4 is 27.5 Å². The molecule has 1 aromatic rings. The molecule has 0 amide bonds. The smallest absolute Gasteiger partial charge is 0.123 e. The van der Waals surface area contributed by atoms with Crippen LogP contribution in [-0.4, -0.2) is 19.8 Å². The van der Waals surface area contributed by atoms with Gasteiger partial charge in [0.25, 0.3) is 0 Å². The highest BCUT2D eigenvalue weighted by Crippen LogP contribution is 2.45. The lowest BCUT2D eigenvalue weighted by Gasteiger charge is -2.42. The van der Waals surface area contributed by atoms with Gasteiger partial charge in [-0.1, -0.05) is 15.9 Å². The highest BCUT2D eigenvalue weighted by atomic mass is 79.9. The highest BCUT2D eigenvalue weighted by molar-refractivity contribution is 9.10. The summed E-state index contributed by atoms with van der Waals surface area (Å²) in [4.78, 5) is 0. The first kappa shape index (κ1) is 14.2. The third-order valence-electron chi connectivity index (χ3n) is 3.78. The molecule has 4 heteroatoms. The molecule has 0 heterocycles. The maximum Gasteiger partial charge on any atom is 0.123 e. The Hall–Kier alpha value is -0.250. The maximum atomic E-state index is 6.56. The quantitative estimate of drug-likeness (QED) is 0.727. The number of methoxy groups -OCH3 is 2. The normalized spacial score (nSPS) is 19.1. The van der Waals surface area contributed by atoms with Crippen LogP contribution in [0.1, 0.15) is 36.6 Å².